The largest absolute Gasteiger partial charge is 0.492 e. The van der Waals surface area contributed by atoms with Gasteiger partial charge in [-0.2, -0.15) is 5.01 Å². The van der Waals surface area contributed by atoms with E-state index in [9.17, 15) is 4.79 Å². The maximum absolute atomic E-state index is 10.9. The molecule has 24 heavy (non-hydrogen) atoms. The number of H-pyrrole nitrogens is 1. The third kappa shape index (κ3) is 3.11. The predicted molar refractivity (Wildman–Crippen MR) is 87.3 cm³/mol. The molecule has 0 radical (unpaired) electrons. The number of hydroxylamine groups is 1. The maximum atomic E-state index is 10.9. The molecule has 2 aromatic rings. The summed E-state index contributed by atoms with van der Waals surface area (Å²) in [4.78, 5) is 23.5. The summed E-state index contributed by atoms with van der Waals surface area (Å²) in [6.07, 6.45) is 3.49. The molecule has 1 aliphatic heterocycles. The van der Waals surface area contributed by atoms with Gasteiger partial charge in [0.05, 0.1) is 12.2 Å². The van der Waals surface area contributed by atoms with Crippen LogP contribution in [0, 0.1) is 0 Å². The van der Waals surface area contributed by atoms with Crippen LogP contribution in [0.15, 0.2) is 54.0 Å². The Morgan fingerprint density at radius 3 is 2.75 bits per heavy atom. The van der Waals surface area contributed by atoms with Gasteiger partial charge < -0.3 is 14.6 Å². The lowest BCUT2D eigenvalue weighted by molar-refractivity contribution is -0.237. The van der Waals surface area contributed by atoms with Gasteiger partial charge in [0, 0.05) is 12.4 Å². The zero-order chi connectivity index (χ0) is 16.9. The van der Waals surface area contributed by atoms with Crippen LogP contribution in [-0.4, -0.2) is 39.8 Å². The summed E-state index contributed by atoms with van der Waals surface area (Å²) in [6.45, 7) is 5.31. The molecule has 3 rings (SSSR count). The van der Waals surface area contributed by atoms with Crippen molar-refractivity contribution in [2.75, 3.05) is 13.2 Å². The highest BCUT2D eigenvalue weighted by Crippen LogP contribution is 2.37. The number of carbonyl (C=O) groups is 1. The van der Waals surface area contributed by atoms with Crippen LogP contribution < -0.4 is 4.74 Å². The second-order valence-electron chi connectivity index (χ2n) is 5.44. The Kier molecular flexibility index (Phi) is 4.81. The van der Waals surface area contributed by atoms with Gasteiger partial charge in [-0.25, -0.2) is 4.98 Å². The van der Waals surface area contributed by atoms with Crippen molar-refractivity contribution in [3.8, 4) is 5.75 Å². The monoisotopic (exact) mass is 328 g/mol. The maximum Gasteiger partial charge on any atom is 0.322 e. The number of aromatic amines is 1. The van der Waals surface area contributed by atoms with Crippen LogP contribution in [-0.2, 0) is 9.63 Å². The molecule has 0 saturated carbocycles. The first-order chi connectivity index (χ1) is 11.7. The fraction of sp³-hybridized carbons (Fsp3) is 0.294. The van der Waals surface area contributed by atoms with Gasteiger partial charge in [-0.05, 0) is 31.6 Å². The number of imidazole rings is 1. The van der Waals surface area contributed by atoms with Crippen molar-refractivity contribution in [3.05, 3.63) is 59.8 Å². The van der Waals surface area contributed by atoms with Gasteiger partial charge in [0.15, 0.2) is 0 Å². The molecule has 0 saturated heterocycles. The fourth-order valence-corrected chi connectivity index (χ4v) is 2.82. The Bertz CT molecular complexity index is 700. The number of nitrogens with zero attached hydrogens (tertiary/aromatic N) is 3. The highest BCUT2D eigenvalue weighted by Gasteiger charge is 2.38. The first kappa shape index (κ1) is 16.1. The zero-order valence-corrected chi connectivity index (χ0v) is 13.7. The molecule has 1 atom stereocenters. The third-order valence-electron chi connectivity index (χ3n) is 4.05. The lowest BCUT2D eigenvalue weighted by atomic mass is 10.1. The van der Waals surface area contributed by atoms with Crippen molar-refractivity contribution < 1.29 is 14.4 Å². The summed E-state index contributed by atoms with van der Waals surface area (Å²) in [6, 6.07) is 9.48. The number of hydrogen-bond donors (Lipinski definition) is 1. The lowest BCUT2D eigenvalue weighted by Gasteiger charge is -2.31. The van der Waals surface area contributed by atoms with Gasteiger partial charge in [-0.1, -0.05) is 18.2 Å². The van der Waals surface area contributed by atoms with Crippen molar-refractivity contribution in [3.63, 3.8) is 0 Å². The van der Waals surface area contributed by atoms with Crippen LogP contribution in [0.5, 0.6) is 5.75 Å². The van der Waals surface area contributed by atoms with Crippen molar-refractivity contribution in [1.29, 1.82) is 0 Å². The molecule has 1 unspecified atom stereocenters. The molecule has 1 aromatic carbocycles. The fourth-order valence-electron chi connectivity index (χ4n) is 2.82. The van der Waals surface area contributed by atoms with E-state index in [0.29, 0.717) is 19.6 Å². The third-order valence-corrected chi connectivity index (χ3v) is 4.05. The van der Waals surface area contributed by atoms with Gasteiger partial charge >= 0.3 is 6.47 Å². The molecule has 0 aliphatic carbocycles. The summed E-state index contributed by atoms with van der Waals surface area (Å²) >= 11 is 0. The van der Waals surface area contributed by atoms with E-state index >= 15 is 0 Å². The highest BCUT2D eigenvalue weighted by molar-refractivity contribution is 5.37. The highest BCUT2D eigenvalue weighted by atomic mass is 16.7. The smallest absolute Gasteiger partial charge is 0.322 e. The van der Waals surface area contributed by atoms with Crippen LogP contribution in [0.25, 0.3) is 0 Å². The quantitative estimate of drug-likeness (QED) is 0.787. The number of aromatic nitrogens is 2. The van der Waals surface area contributed by atoms with E-state index in [1.54, 1.807) is 12.4 Å². The van der Waals surface area contributed by atoms with Gasteiger partial charge in [0.1, 0.15) is 24.2 Å². The van der Waals surface area contributed by atoms with E-state index in [1.807, 2.05) is 49.2 Å². The Labute approximate surface area is 140 Å². The van der Waals surface area contributed by atoms with Crippen LogP contribution in [0.3, 0.4) is 0 Å². The van der Waals surface area contributed by atoms with E-state index in [4.69, 9.17) is 9.57 Å². The van der Waals surface area contributed by atoms with Crippen molar-refractivity contribution in [1.82, 2.24) is 20.1 Å². The summed E-state index contributed by atoms with van der Waals surface area (Å²) in [7, 11) is 0. The number of nitrogens with one attached hydrogen (secondary N) is 1. The van der Waals surface area contributed by atoms with Crippen LogP contribution in [0.4, 0.5) is 0 Å². The van der Waals surface area contributed by atoms with Crippen molar-refractivity contribution in [2.45, 2.75) is 19.9 Å². The molecule has 1 aliphatic rings. The van der Waals surface area contributed by atoms with Crippen LogP contribution in [0.2, 0.25) is 0 Å². The average Bonchev–Trinajstić information content (AvgIpc) is 3.19. The minimum absolute atomic E-state index is 0.126. The number of para-hydroxylation sites is 1. The molecule has 7 heteroatoms. The lowest BCUT2D eigenvalue weighted by Crippen LogP contribution is -2.41. The second kappa shape index (κ2) is 7.18. The molecule has 1 aromatic heterocycles. The minimum Gasteiger partial charge on any atom is -0.492 e. The summed E-state index contributed by atoms with van der Waals surface area (Å²) in [5.74, 6) is 1.60. The molecule has 7 nitrogen and oxygen atoms in total. The first-order valence-electron chi connectivity index (χ1n) is 7.74. The first-order valence-corrected chi connectivity index (χ1v) is 7.74. The molecular formula is C17H20N4O3. The van der Waals surface area contributed by atoms with E-state index < -0.39 is 0 Å². The number of hydrazine groups is 1. The van der Waals surface area contributed by atoms with Gasteiger partial charge in [0.2, 0.25) is 0 Å². The van der Waals surface area contributed by atoms with Crippen LogP contribution in [0.1, 0.15) is 25.7 Å². The van der Waals surface area contributed by atoms with Crippen LogP contribution >= 0.6 is 0 Å². The number of benzene rings is 1. The van der Waals surface area contributed by atoms with E-state index in [1.165, 1.54) is 5.17 Å². The van der Waals surface area contributed by atoms with Crippen molar-refractivity contribution in [2.24, 2.45) is 0 Å². The molecular weight excluding hydrogens is 308 g/mol. The van der Waals surface area contributed by atoms with E-state index in [-0.39, 0.29) is 6.04 Å². The Morgan fingerprint density at radius 2 is 2.08 bits per heavy atom. The summed E-state index contributed by atoms with van der Waals surface area (Å²) in [5.41, 5.74) is 1.93. The Hall–Kier alpha value is -2.80. The standard InChI is InChI=1S/C17H20N4O3/c1-13-14(2)21(24-12-22)20(16(13)17-18-8-9-19-17)10-11-23-15-6-4-3-5-7-15/h3-9,12,16H,10-11H2,1-2H3,(H,18,19). The second-order valence-corrected chi connectivity index (χ2v) is 5.44. The average molecular weight is 328 g/mol. The van der Waals surface area contributed by atoms with Gasteiger partial charge in [-0.15, -0.1) is 5.17 Å². The molecule has 0 spiro atoms. The normalized spacial score (nSPS) is 18.1. The molecule has 0 fully saturated rings. The van der Waals surface area contributed by atoms with Crippen molar-refractivity contribution >= 4 is 6.47 Å². The molecule has 126 valence electrons. The molecule has 0 bridgehead atoms. The summed E-state index contributed by atoms with van der Waals surface area (Å²) in [5, 5.41) is 3.42. The predicted octanol–water partition coefficient (Wildman–Crippen LogP) is 2.44. The summed E-state index contributed by atoms with van der Waals surface area (Å²) < 4.78 is 5.77. The number of ether oxygens (including phenoxy) is 1. The molecule has 0 amide bonds. The number of rotatable bonds is 7. The van der Waals surface area contributed by atoms with Gasteiger partial charge in [-0.3, -0.25) is 4.79 Å². The zero-order valence-electron chi connectivity index (χ0n) is 13.7. The minimum atomic E-state index is -0.126. The molecule has 2 heterocycles. The van der Waals surface area contributed by atoms with Gasteiger partial charge in [0.25, 0.3) is 0 Å². The van der Waals surface area contributed by atoms with E-state index in [2.05, 4.69) is 9.97 Å². The van der Waals surface area contributed by atoms with E-state index in [0.717, 1.165) is 22.8 Å². The topological polar surface area (TPSA) is 70.7 Å². The Balaban J connectivity index is 1.75. The number of carbonyl (C=O) groups excluding carboxylic acids is 1. The number of allylic oxidation sites excluding steroid dienone is 1. The Morgan fingerprint density at radius 1 is 1.29 bits per heavy atom. The molecule has 1 N–H and O–H groups in total. The number of hydrogen-bond acceptors (Lipinski definition) is 6. The SMILES string of the molecule is CC1=C(C)N(OC=O)N(CCOc2ccccc2)C1c1ncc[nH]1.